The smallest absolute Gasteiger partial charge is 0.0326 e. The van der Waals surface area contributed by atoms with Crippen molar-refractivity contribution in [3.05, 3.63) is 19.1 Å². The molecule has 0 unspecified atom stereocenters. The van der Waals surface area contributed by atoms with E-state index in [2.05, 4.69) is 13.5 Å². The van der Waals surface area contributed by atoms with E-state index >= 15 is 0 Å². The Balaban J connectivity index is 2.83. The molecular weight excluding hydrogens is 72.1 g/mol. The van der Waals surface area contributed by atoms with Gasteiger partial charge < -0.3 is 0 Å². The second-order valence-corrected chi connectivity index (χ2v) is 1.56. The zero-order valence-corrected chi connectivity index (χ0v) is 4.33. The van der Waals surface area contributed by atoms with E-state index < -0.39 is 0 Å². The molecule has 0 spiro atoms. The highest BCUT2D eigenvalue weighted by Crippen LogP contribution is 1.96. The van der Waals surface area contributed by atoms with Gasteiger partial charge in [0.25, 0.3) is 0 Å². The van der Waals surface area contributed by atoms with E-state index in [1.807, 2.05) is 6.92 Å². The molecule has 0 bridgehead atoms. The van der Waals surface area contributed by atoms with Crippen LogP contribution in [0.2, 0.25) is 0 Å². The zero-order valence-electron chi connectivity index (χ0n) is 4.33. The molecule has 35 valence electrons. The highest BCUT2D eigenvalue weighted by molar-refractivity contribution is 4.87. The maximum absolute atomic E-state index is 3.70. The standard InChI is InChI=1S/C6H11/c1-4-5-6(2)3/h1-2,4-5H2,3H3. The lowest BCUT2D eigenvalue weighted by Crippen LogP contribution is -1.67. The van der Waals surface area contributed by atoms with Gasteiger partial charge in [-0.1, -0.05) is 12.5 Å². The summed E-state index contributed by atoms with van der Waals surface area (Å²) in [6, 6.07) is 0. The first-order valence-corrected chi connectivity index (χ1v) is 2.21. The Hall–Kier alpha value is -0.260. The Bertz CT molecular complexity index is 44.0. The van der Waals surface area contributed by atoms with Crippen LogP contribution in [0.3, 0.4) is 0 Å². The summed E-state index contributed by atoms with van der Waals surface area (Å²) in [5.74, 6) is 0. The van der Waals surface area contributed by atoms with E-state index in [-0.39, 0.29) is 0 Å². The molecule has 0 aromatic heterocycles. The van der Waals surface area contributed by atoms with E-state index in [0.717, 1.165) is 12.8 Å². The zero-order chi connectivity index (χ0) is 4.99. The topological polar surface area (TPSA) is 0 Å². The summed E-state index contributed by atoms with van der Waals surface area (Å²) in [6.07, 6.45) is 2.05. The molecule has 0 rings (SSSR count). The molecule has 0 atom stereocenters. The molecule has 0 saturated heterocycles. The van der Waals surface area contributed by atoms with Crippen LogP contribution in [-0.2, 0) is 0 Å². The number of rotatable bonds is 2. The molecule has 0 fully saturated rings. The van der Waals surface area contributed by atoms with Gasteiger partial charge in [0.15, 0.2) is 0 Å². The third-order valence-electron chi connectivity index (χ3n) is 0.604. The highest BCUT2D eigenvalue weighted by atomic mass is 13.8. The van der Waals surface area contributed by atoms with Gasteiger partial charge in [-0.25, -0.2) is 0 Å². The Morgan fingerprint density at radius 3 is 2.17 bits per heavy atom. The number of hydrogen-bond acceptors (Lipinski definition) is 0. The molecule has 0 aromatic rings. The van der Waals surface area contributed by atoms with Crippen LogP contribution in [0.15, 0.2) is 12.2 Å². The van der Waals surface area contributed by atoms with E-state index in [1.165, 1.54) is 5.57 Å². The van der Waals surface area contributed by atoms with Crippen molar-refractivity contribution in [2.75, 3.05) is 0 Å². The van der Waals surface area contributed by atoms with Crippen molar-refractivity contribution in [2.45, 2.75) is 19.8 Å². The summed E-state index contributed by atoms with van der Waals surface area (Å²) in [4.78, 5) is 0. The molecule has 0 heteroatoms. The fourth-order valence-corrected chi connectivity index (χ4v) is 0.302. The summed E-state index contributed by atoms with van der Waals surface area (Å²) in [5, 5.41) is 0. The average molecular weight is 83.2 g/mol. The summed E-state index contributed by atoms with van der Waals surface area (Å²) in [6.45, 7) is 9.39. The van der Waals surface area contributed by atoms with Crippen LogP contribution in [0.5, 0.6) is 0 Å². The van der Waals surface area contributed by atoms with E-state index in [4.69, 9.17) is 0 Å². The van der Waals surface area contributed by atoms with Crippen molar-refractivity contribution >= 4 is 0 Å². The number of hydrogen-bond donors (Lipinski definition) is 0. The Kier molecular flexibility index (Phi) is 2.82. The van der Waals surface area contributed by atoms with Gasteiger partial charge in [-0.15, -0.1) is 6.58 Å². The predicted molar refractivity (Wildman–Crippen MR) is 29.4 cm³/mol. The van der Waals surface area contributed by atoms with Crippen molar-refractivity contribution < 1.29 is 0 Å². The normalized spacial score (nSPS) is 8.33. The Morgan fingerprint density at radius 1 is 1.67 bits per heavy atom. The van der Waals surface area contributed by atoms with Crippen LogP contribution < -0.4 is 0 Å². The first kappa shape index (κ1) is 5.74. The maximum atomic E-state index is 3.70. The lowest BCUT2D eigenvalue weighted by molar-refractivity contribution is 0.982. The molecule has 0 aromatic carbocycles. The molecule has 0 aliphatic heterocycles. The molecule has 6 heavy (non-hydrogen) atoms. The van der Waals surface area contributed by atoms with Gasteiger partial charge in [-0.05, 0) is 19.8 Å². The first-order chi connectivity index (χ1) is 2.77. The van der Waals surface area contributed by atoms with Gasteiger partial charge in [0.1, 0.15) is 0 Å². The minimum atomic E-state index is 0.981. The van der Waals surface area contributed by atoms with E-state index in [1.54, 1.807) is 0 Å². The molecule has 0 nitrogen and oxygen atoms in total. The third kappa shape index (κ3) is 3.74. The fourth-order valence-electron chi connectivity index (χ4n) is 0.302. The molecule has 0 amide bonds. The van der Waals surface area contributed by atoms with Gasteiger partial charge in [0.2, 0.25) is 0 Å². The number of allylic oxidation sites excluding steroid dienone is 1. The second-order valence-electron chi connectivity index (χ2n) is 1.56. The monoisotopic (exact) mass is 83.1 g/mol. The van der Waals surface area contributed by atoms with Crippen molar-refractivity contribution in [2.24, 2.45) is 0 Å². The minimum absolute atomic E-state index is 0.981. The van der Waals surface area contributed by atoms with Gasteiger partial charge in [0, 0.05) is 0 Å². The lowest BCUT2D eigenvalue weighted by Gasteiger charge is -1.87. The van der Waals surface area contributed by atoms with Crippen molar-refractivity contribution in [3.8, 4) is 0 Å². The van der Waals surface area contributed by atoms with Crippen LogP contribution in [0, 0.1) is 6.92 Å². The Labute approximate surface area is 39.9 Å². The minimum Gasteiger partial charge on any atom is -0.100 e. The SMILES string of the molecule is [CH2]CCC(=C)C. The van der Waals surface area contributed by atoms with E-state index in [9.17, 15) is 0 Å². The fraction of sp³-hybridized carbons (Fsp3) is 0.500. The predicted octanol–water partition coefficient (Wildman–Crippen LogP) is 2.18. The summed E-state index contributed by atoms with van der Waals surface area (Å²) >= 11 is 0. The van der Waals surface area contributed by atoms with Crippen molar-refractivity contribution in [3.63, 3.8) is 0 Å². The molecule has 0 aliphatic carbocycles. The quantitative estimate of drug-likeness (QED) is 0.449. The first-order valence-electron chi connectivity index (χ1n) is 2.21. The van der Waals surface area contributed by atoms with Gasteiger partial charge >= 0.3 is 0 Å². The Morgan fingerprint density at radius 2 is 2.17 bits per heavy atom. The van der Waals surface area contributed by atoms with Crippen LogP contribution in [0.25, 0.3) is 0 Å². The summed E-state index contributed by atoms with van der Waals surface area (Å²) in [5.41, 5.74) is 1.23. The summed E-state index contributed by atoms with van der Waals surface area (Å²) < 4.78 is 0. The van der Waals surface area contributed by atoms with Crippen LogP contribution in [0.4, 0.5) is 0 Å². The molecular formula is C6H11. The maximum Gasteiger partial charge on any atom is -0.0326 e. The van der Waals surface area contributed by atoms with Crippen LogP contribution >= 0.6 is 0 Å². The van der Waals surface area contributed by atoms with Gasteiger partial charge in [0.05, 0.1) is 0 Å². The van der Waals surface area contributed by atoms with Gasteiger partial charge in [-0.2, -0.15) is 0 Å². The highest BCUT2D eigenvalue weighted by Gasteiger charge is 1.76. The van der Waals surface area contributed by atoms with Crippen molar-refractivity contribution in [1.29, 1.82) is 0 Å². The van der Waals surface area contributed by atoms with Crippen LogP contribution in [0.1, 0.15) is 19.8 Å². The van der Waals surface area contributed by atoms with Crippen LogP contribution in [-0.4, -0.2) is 0 Å². The molecule has 0 N–H and O–H groups in total. The molecule has 0 saturated carbocycles. The van der Waals surface area contributed by atoms with E-state index in [0.29, 0.717) is 0 Å². The van der Waals surface area contributed by atoms with Crippen molar-refractivity contribution in [1.82, 2.24) is 0 Å². The molecule has 0 aliphatic rings. The molecule has 0 heterocycles. The average Bonchev–Trinajstić information content (AvgIpc) is 1.35. The van der Waals surface area contributed by atoms with Gasteiger partial charge in [-0.3, -0.25) is 0 Å². The third-order valence-corrected chi connectivity index (χ3v) is 0.604. The summed E-state index contributed by atoms with van der Waals surface area (Å²) in [7, 11) is 0. The lowest BCUT2D eigenvalue weighted by atomic mass is 10.2. The second kappa shape index (κ2) is 2.95. The molecule has 1 radical (unpaired) electrons. The largest absolute Gasteiger partial charge is 0.100 e.